The van der Waals surface area contributed by atoms with Gasteiger partial charge in [-0.05, 0) is 6.07 Å². The number of aromatic hydroxyl groups is 1. The first-order valence-corrected chi connectivity index (χ1v) is 4.39. The first kappa shape index (κ1) is 8.56. The van der Waals surface area contributed by atoms with Gasteiger partial charge in [-0.3, -0.25) is 0 Å². The van der Waals surface area contributed by atoms with Gasteiger partial charge in [-0.15, -0.1) is 0 Å². The van der Waals surface area contributed by atoms with E-state index in [1.807, 2.05) is 0 Å². The third-order valence-corrected chi connectivity index (χ3v) is 2.06. The van der Waals surface area contributed by atoms with Crippen molar-refractivity contribution in [2.75, 3.05) is 5.33 Å². The van der Waals surface area contributed by atoms with E-state index in [9.17, 15) is 10.2 Å². The Kier molecular flexibility index (Phi) is 2.91. The minimum atomic E-state index is -0.629. The summed E-state index contributed by atoms with van der Waals surface area (Å²) < 4.78 is 0. The molecule has 0 saturated heterocycles. The fraction of sp³-hybridized carbons (Fsp3) is 0.250. The number of aliphatic hydroxyl groups is 1. The molecule has 0 bridgehead atoms. The number of aliphatic hydroxyl groups excluding tert-OH is 1. The lowest BCUT2D eigenvalue weighted by molar-refractivity contribution is 0.201. The van der Waals surface area contributed by atoms with Gasteiger partial charge < -0.3 is 10.2 Å². The van der Waals surface area contributed by atoms with Crippen LogP contribution in [-0.4, -0.2) is 15.5 Å². The molecule has 0 aliphatic heterocycles. The standard InChI is InChI=1S/C8H9BrO2/c9-5-8(11)6-3-1-2-4-7(6)10/h1-4,8,10-11H,5H2. The van der Waals surface area contributed by atoms with E-state index in [0.717, 1.165) is 0 Å². The van der Waals surface area contributed by atoms with Crippen LogP contribution in [0.5, 0.6) is 5.75 Å². The lowest BCUT2D eigenvalue weighted by Gasteiger charge is -2.07. The highest BCUT2D eigenvalue weighted by molar-refractivity contribution is 9.09. The topological polar surface area (TPSA) is 40.5 Å². The molecule has 0 heterocycles. The van der Waals surface area contributed by atoms with Crippen molar-refractivity contribution in [3.8, 4) is 5.75 Å². The second-order valence-corrected chi connectivity index (χ2v) is 2.88. The van der Waals surface area contributed by atoms with E-state index in [1.54, 1.807) is 24.3 Å². The quantitative estimate of drug-likeness (QED) is 0.741. The SMILES string of the molecule is Oc1ccccc1C(O)CBr. The molecule has 0 radical (unpaired) electrons. The van der Waals surface area contributed by atoms with E-state index in [4.69, 9.17) is 0 Å². The summed E-state index contributed by atoms with van der Waals surface area (Å²) in [6.07, 6.45) is -0.629. The average molecular weight is 217 g/mol. The van der Waals surface area contributed by atoms with Gasteiger partial charge in [-0.25, -0.2) is 0 Å². The third kappa shape index (κ3) is 1.94. The van der Waals surface area contributed by atoms with Gasteiger partial charge >= 0.3 is 0 Å². The molecule has 2 N–H and O–H groups in total. The first-order chi connectivity index (χ1) is 5.25. The maximum atomic E-state index is 9.30. The normalized spacial score (nSPS) is 12.9. The summed E-state index contributed by atoms with van der Waals surface area (Å²) in [7, 11) is 0. The first-order valence-electron chi connectivity index (χ1n) is 3.27. The maximum absolute atomic E-state index is 9.30. The highest BCUT2D eigenvalue weighted by atomic mass is 79.9. The van der Waals surface area contributed by atoms with Crippen LogP contribution in [0.4, 0.5) is 0 Å². The molecule has 1 atom stereocenters. The van der Waals surface area contributed by atoms with Crippen molar-refractivity contribution < 1.29 is 10.2 Å². The molecule has 3 heteroatoms. The predicted molar refractivity (Wildman–Crippen MR) is 46.9 cm³/mol. The van der Waals surface area contributed by atoms with Gasteiger partial charge in [0.15, 0.2) is 0 Å². The minimum absolute atomic E-state index is 0.138. The highest BCUT2D eigenvalue weighted by Gasteiger charge is 2.08. The number of benzene rings is 1. The Hall–Kier alpha value is -0.540. The number of halogens is 1. The largest absolute Gasteiger partial charge is 0.508 e. The molecule has 0 amide bonds. The molecule has 1 aromatic rings. The smallest absolute Gasteiger partial charge is 0.121 e. The zero-order chi connectivity index (χ0) is 8.27. The molecule has 60 valence electrons. The van der Waals surface area contributed by atoms with Crippen molar-refractivity contribution >= 4 is 15.9 Å². The van der Waals surface area contributed by atoms with Crippen LogP contribution in [0.3, 0.4) is 0 Å². The number of rotatable bonds is 2. The molecule has 0 aliphatic rings. The van der Waals surface area contributed by atoms with Gasteiger partial charge in [0.1, 0.15) is 5.75 Å². The van der Waals surface area contributed by atoms with E-state index < -0.39 is 6.10 Å². The van der Waals surface area contributed by atoms with Crippen LogP contribution in [-0.2, 0) is 0 Å². The molecular formula is C8H9BrO2. The Labute approximate surface area is 73.6 Å². The zero-order valence-electron chi connectivity index (χ0n) is 5.87. The van der Waals surface area contributed by atoms with Crippen molar-refractivity contribution in [3.05, 3.63) is 29.8 Å². The van der Waals surface area contributed by atoms with Gasteiger partial charge in [0.05, 0.1) is 6.10 Å². The Morgan fingerprint density at radius 2 is 2.00 bits per heavy atom. The van der Waals surface area contributed by atoms with E-state index in [1.165, 1.54) is 0 Å². The van der Waals surface area contributed by atoms with Crippen molar-refractivity contribution in [1.82, 2.24) is 0 Å². The molecular weight excluding hydrogens is 208 g/mol. The summed E-state index contributed by atoms with van der Waals surface area (Å²) in [6, 6.07) is 6.75. The van der Waals surface area contributed by atoms with Crippen LogP contribution in [0.15, 0.2) is 24.3 Å². The summed E-state index contributed by atoms with van der Waals surface area (Å²) in [5, 5.41) is 19.0. The lowest BCUT2D eigenvalue weighted by atomic mass is 10.1. The van der Waals surface area contributed by atoms with Gasteiger partial charge in [0.25, 0.3) is 0 Å². The average Bonchev–Trinajstić information content (AvgIpc) is 2.04. The van der Waals surface area contributed by atoms with Crippen LogP contribution in [0.1, 0.15) is 11.7 Å². The Morgan fingerprint density at radius 3 is 2.55 bits per heavy atom. The van der Waals surface area contributed by atoms with Crippen molar-refractivity contribution in [2.24, 2.45) is 0 Å². The van der Waals surface area contributed by atoms with Gasteiger partial charge in [0.2, 0.25) is 0 Å². The molecule has 1 unspecified atom stereocenters. The van der Waals surface area contributed by atoms with E-state index in [-0.39, 0.29) is 5.75 Å². The lowest BCUT2D eigenvalue weighted by Crippen LogP contribution is -1.97. The molecule has 1 aromatic carbocycles. The fourth-order valence-corrected chi connectivity index (χ4v) is 1.20. The van der Waals surface area contributed by atoms with Gasteiger partial charge in [0, 0.05) is 10.9 Å². The number of phenolic OH excluding ortho intramolecular Hbond substituents is 1. The monoisotopic (exact) mass is 216 g/mol. The number of hydrogen-bond acceptors (Lipinski definition) is 2. The molecule has 0 aromatic heterocycles. The molecule has 0 spiro atoms. The Morgan fingerprint density at radius 1 is 1.36 bits per heavy atom. The Bertz CT molecular complexity index is 237. The number of hydrogen-bond donors (Lipinski definition) is 2. The van der Waals surface area contributed by atoms with Crippen molar-refractivity contribution in [1.29, 1.82) is 0 Å². The van der Waals surface area contributed by atoms with Crippen molar-refractivity contribution in [2.45, 2.75) is 6.10 Å². The van der Waals surface area contributed by atoms with E-state index >= 15 is 0 Å². The predicted octanol–water partition coefficient (Wildman–Crippen LogP) is 1.82. The highest BCUT2D eigenvalue weighted by Crippen LogP contribution is 2.24. The van der Waals surface area contributed by atoms with Gasteiger partial charge in [-0.1, -0.05) is 34.1 Å². The molecule has 0 fully saturated rings. The zero-order valence-corrected chi connectivity index (χ0v) is 7.45. The van der Waals surface area contributed by atoms with E-state index in [0.29, 0.717) is 10.9 Å². The van der Waals surface area contributed by atoms with Gasteiger partial charge in [-0.2, -0.15) is 0 Å². The number of alkyl halides is 1. The molecule has 0 saturated carbocycles. The summed E-state index contributed by atoms with van der Waals surface area (Å²) in [5.41, 5.74) is 0.560. The molecule has 2 nitrogen and oxygen atoms in total. The number of para-hydroxylation sites is 1. The summed E-state index contributed by atoms with van der Waals surface area (Å²) in [4.78, 5) is 0. The van der Waals surface area contributed by atoms with E-state index in [2.05, 4.69) is 15.9 Å². The van der Waals surface area contributed by atoms with Crippen LogP contribution in [0.2, 0.25) is 0 Å². The third-order valence-electron chi connectivity index (χ3n) is 1.44. The maximum Gasteiger partial charge on any atom is 0.121 e. The summed E-state index contributed by atoms with van der Waals surface area (Å²) in [6.45, 7) is 0. The Balaban J connectivity index is 2.93. The van der Waals surface area contributed by atoms with Crippen molar-refractivity contribution in [3.63, 3.8) is 0 Å². The summed E-state index contributed by atoms with van der Waals surface area (Å²) >= 11 is 3.12. The fourth-order valence-electron chi connectivity index (χ4n) is 0.852. The van der Waals surface area contributed by atoms with Crippen LogP contribution in [0.25, 0.3) is 0 Å². The second kappa shape index (κ2) is 3.74. The van der Waals surface area contributed by atoms with Crippen LogP contribution < -0.4 is 0 Å². The van der Waals surface area contributed by atoms with Crippen LogP contribution in [0, 0.1) is 0 Å². The second-order valence-electron chi connectivity index (χ2n) is 2.23. The number of phenols is 1. The molecule has 0 aliphatic carbocycles. The molecule has 1 rings (SSSR count). The van der Waals surface area contributed by atoms with Crippen LogP contribution >= 0.6 is 15.9 Å². The minimum Gasteiger partial charge on any atom is -0.508 e. The molecule has 11 heavy (non-hydrogen) atoms. The summed E-state index contributed by atoms with van der Waals surface area (Å²) in [5.74, 6) is 0.138.